The third kappa shape index (κ3) is 2.89. The van der Waals surface area contributed by atoms with Crippen molar-refractivity contribution in [3.8, 4) is 0 Å². The minimum atomic E-state index is -0.845. The zero-order valence-corrected chi connectivity index (χ0v) is 14.8. The minimum Gasteiger partial charge on any atom is -0.481 e. The van der Waals surface area contributed by atoms with Crippen molar-refractivity contribution in [3.05, 3.63) is 54.1 Å². The molecule has 1 aromatic carbocycles. The monoisotopic (exact) mass is 353 g/mol. The first-order valence-electron chi connectivity index (χ1n) is 9.07. The van der Waals surface area contributed by atoms with Crippen molar-refractivity contribution in [3.63, 3.8) is 0 Å². The van der Waals surface area contributed by atoms with Crippen LogP contribution in [0.15, 0.2) is 42.9 Å². The Labute approximate surface area is 152 Å². The predicted molar refractivity (Wildman–Crippen MR) is 95.6 cm³/mol. The molecule has 0 bridgehead atoms. The van der Waals surface area contributed by atoms with Crippen LogP contribution in [0.1, 0.15) is 35.9 Å². The third-order valence-corrected chi connectivity index (χ3v) is 5.94. The van der Waals surface area contributed by atoms with Gasteiger partial charge in [0.15, 0.2) is 0 Å². The Morgan fingerprint density at radius 1 is 1.15 bits per heavy atom. The van der Waals surface area contributed by atoms with Crippen LogP contribution < -0.4 is 0 Å². The molecule has 0 spiro atoms. The van der Waals surface area contributed by atoms with Crippen molar-refractivity contribution in [1.82, 2.24) is 14.5 Å². The zero-order valence-electron chi connectivity index (χ0n) is 14.8. The van der Waals surface area contributed by atoms with E-state index in [2.05, 4.69) is 17.1 Å². The molecule has 2 heterocycles. The second-order valence-corrected chi connectivity index (χ2v) is 7.50. The van der Waals surface area contributed by atoms with E-state index in [-0.39, 0.29) is 24.3 Å². The normalized spacial score (nSPS) is 28.0. The van der Waals surface area contributed by atoms with Crippen molar-refractivity contribution >= 4 is 11.9 Å². The molecule has 1 aromatic heterocycles. The second-order valence-electron chi connectivity index (χ2n) is 7.50. The van der Waals surface area contributed by atoms with E-state index in [1.165, 1.54) is 5.56 Å². The molecule has 0 unspecified atom stereocenters. The predicted octanol–water partition coefficient (Wildman–Crippen LogP) is 2.24. The van der Waals surface area contributed by atoms with Crippen LogP contribution in [0.3, 0.4) is 0 Å². The van der Waals surface area contributed by atoms with E-state index >= 15 is 0 Å². The van der Waals surface area contributed by atoms with E-state index in [0.29, 0.717) is 12.5 Å². The molecule has 2 atom stereocenters. The smallest absolute Gasteiger partial charge is 0.309 e. The molecule has 4 rings (SSSR count). The van der Waals surface area contributed by atoms with E-state index in [1.54, 1.807) is 17.4 Å². The molecule has 1 saturated heterocycles. The maximum absolute atomic E-state index is 12.9. The Kier molecular flexibility index (Phi) is 4.26. The van der Waals surface area contributed by atoms with Gasteiger partial charge in [-0.1, -0.05) is 30.3 Å². The molecule has 1 aliphatic carbocycles. The summed E-state index contributed by atoms with van der Waals surface area (Å²) >= 11 is 0. The number of rotatable bonds is 4. The molecule has 2 aliphatic rings. The molecule has 26 heavy (non-hydrogen) atoms. The molecule has 0 radical (unpaired) electrons. The van der Waals surface area contributed by atoms with Crippen LogP contribution >= 0.6 is 0 Å². The number of nitrogens with zero attached hydrogens (tertiary/aromatic N) is 3. The number of carboxylic acid groups (broad SMARTS) is 1. The summed E-state index contributed by atoms with van der Waals surface area (Å²) in [6.45, 7) is 0.748. The van der Waals surface area contributed by atoms with Gasteiger partial charge in [-0.3, -0.25) is 9.59 Å². The van der Waals surface area contributed by atoms with Gasteiger partial charge in [-0.25, -0.2) is 4.98 Å². The first-order chi connectivity index (χ1) is 12.5. The van der Waals surface area contributed by atoms with Crippen molar-refractivity contribution in [2.75, 3.05) is 13.1 Å². The van der Waals surface area contributed by atoms with Gasteiger partial charge in [-0.05, 0) is 24.3 Å². The lowest BCUT2D eigenvalue weighted by Gasteiger charge is -2.37. The maximum Gasteiger partial charge on any atom is 0.309 e. The third-order valence-electron chi connectivity index (χ3n) is 5.94. The van der Waals surface area contributed by atoms with E-state index < -0.39 is 11.9 Å². The van der Waals surface area contributed by atoms with E-state index in [0.717, 1.165) is 18.5 Å². The molecule has 1 aliphatic heterocycles. The van der Waals surface area contributed by atoms with E-state index in [1.807, 2.05) is 29.8 Å². The van der Waals surface area contributed by atoms with Crippen molar-refractivity contribution in [2.24, 2.45) is 18.9 Å². The number of hydrogen-bond donors (Lipinski definition) is 1. The number of amides is 1. The van der Waals surface area contributed by atoms with Gasteiger partial charge in [0.2, 0.25) is 5.91 Å². The quantitative estimate of drug-likeness (QED) is 0.915. The van der Waals surface area contributed by atoms with Gasteiger partial charge in [0, 0.05) is 43.9 Å². The standard InChI is InChI=1S/C20H23N3O3/c1-22-12-21-9-18(22)16-10-23(11-17(16)20(25)26)19(24)15-7-14(8-15)13-5-3-2-4-6-13/h2-6,9,12,14-17H,7-8,10-11H2,1H3,(H,25,26)/t14?,15?,16-,17-/m1/s1. The van der Waals surface area contributed by atoms with Gasteiger partial charge < -0.3 is 14.6 Å². The zero-order chi connectivity index (χ0) is 18.3. The average Bonchev–Trinajstić information content (AvgIpc) is 3.20. The Hall–Kier alpha value is -2.63. The molecule has 2 aromatic rings. The topological polar surface area (TPSA) is 75.4 Å². The van der Waals surface area contributed by atoms with Gasteiger partial charge in [-0.15, -0.1) is 0 Å². The molecule has 6 heteroatoms. The lowest BCUT2D eigenvalue weighted by molar-refractivity contribution is -0.142. The fourth-order valence-corrected chi connectivity index (χ4v) is 4.33. The van der Waals surface area contributed by atoms with Crippen LogP contribution in [0, 0.1) is 11.8 Å². The summed E-state index contributed by atoms with van der Waals surface area (Å²) in [7, 11) is 1.86. The highest BCUT2D eigenvalue weighted by atomic mass is 16.4. The number of carbonyl (C=O) groups excluding carboxylic acids is 1. The fraction of sp³-hybridized carbons (Fsp3) is 0.450. The molecular weight excluding hydrogens is 330 g/mol. The number of carbonyl (C=O) groups is 2. The first kappa shape index (κ1) is 16.8. The number of aryl methyl sites for hydroxylation is 1. The fourth-order valence-electron chi connectivity index (χ4n) is 4.33. The molecule has 2 fully saturated rings. The molecule has 1 saturated carbocycles. The summed E-state index contributed by atoms with van der Waals surface area (Å²) in [5.74, 6) is -1.06. The van der Waals surface area contributed by atoms with Crippen LogP contribution in [-0.2, 0) is 16.6 Å². The lowest BCUT2D eigenvalue weighted by Crippen LogP contribution is -2.40. The maximum atomic E-state index is 12.9. The van der Waals surface area contributed by atoms with Crippen molar-refractivity contribution in [2.45, 2.75) is 24.7 Å². The SMILES string of the molecule is Cn1cncc1[C@@H]1CN(C(=O)C2CC(c3ccccc3)C2)C[C@H]1C(=O)O. The van der Waals surface area contributed by atoms with E-state index in [9.17, 15) is 14.7 Å². The summed E-state index contributed by atoms with van der Waals surface area (Å²) in [6.07, 6.45) is 5.10. The van der Waals surface area contributed by atoms with Gasteiger partial charge >= 0.3 is 5.97 Å². The Bertz CT molecular complexity index is 811. The van der Waals surface area contributed by atoms with Crippen LogP contribution in [0.5, 0.6) is 0 Å². The summed E-state index contributed by atoms with van der Waals surface area (Å²) in [4.78, 5) is 30.4. The first-order valence-corrected chi connectivity index (χ1v) is 9.07. The highest BCUT2D eigenvalue weighted by Crippen LogP contribution is 2.44. The minimum absolute atomic E-state index is 0.0138. The highest BCUT2D eigenvalue weighted by Gasteiger charge is 2.45. The Morgan fingerprint density at radius 3 is 2.50 bits per heavy atom. The Balaban J connectivity index is 1.43. The van der Waals surface area contributed by atoms with Crippen molar-refractivity contribution < 1.29 is 14.7 Å². The summed E-state index contributed by atoms with van der Waals surface area (Å²) in [5.41, 5.74) is 2.16. The number of imidazole rings is 1. The number of hydrogen-bond acceptors (Lipinski definition) is 3. The molecule has 6 nitrogen and oxygen atoms in total. The number of aliphatic carboxylic acids is 1. The molecule has 1 amide bonds. The van der Waals surface area contributed by atoms with Crippen molar-refractivity contribution in [1.29, 1.82) is 0 Å². The van der Waals surface area contributed by atoms with Gasteiger partial charge in [-0.2, -0.15) is 0 Å². The number of carboxylic acids is 1. The van der Waals surface area contributed by atoms with Crippen LogP contribution in [0.25, 0.3) is 0 Å². The van der Waals surface area contributed by atoms with Gasteiger partial charge in [0.05, 0.1) is 12.2 Å². The number of likely N-dealkylation sites (tertiary alicyclic amines) is 1. The van der Waals surface area contributed by atoms with Gasteiger partial charge in [0.1, 0.15) is 0 Å². The molecular formula is C20H23N3O3. The summed E-state index contributed by atoms with van der Waals surface area (Å²) < 4.78 is 1.85. The number of aromatic nitrogens is 2. The van der Waals surface area contributed by atoms with E-state index in [4.69, 9.17) is 0 Å². The highest BCUT2D eigenvalue weighted by molar-refractivity contribution is 5.82. The Morgan fingerprint density at radius 2 is 1.88 bits per heavy atom. The van der Waals surface area contributed by atoms with Crippen LogP contribution in [0.2, 0.25) is 0 Å². The molecule has 136 valence electrons. The van der Waals surface area contributed by atoms with Crippen LogP contribution in [-0.4, -0.2) is 44.5 Å². The van der Waals surface area contributed by atoms with Crippen LogP contribution in [0.4, 0.5) is 0 Å². The number of benzene rings is 1. The summed E-state index contributed by atoms with van der Waals surface area (Å²) in [5, 5.41) is 9.61. The average molecular weight is 353 g/mol. The second kappa shape index (κ2) is 6.59. The van der Waals surface area contributed by atoms with Gasteiger partial charge in [0.25, 0.3) is 0 Å². The molecule has 1 N–H and O–H groups in total. The lowest BCUT2D eigenvalue weighted by atomic mass is 9.71. The summed E-state index contributed by atoms with van der Waals surface area (Å²) in [6, 6.07) is 10.3. The largest absolute Gasteiger partial charge is 0.481 e.